The Balaban J connectivity index is 0. The number of carbonyl (C=O) groups excluding carboxylic acids is 2. The van der Waals surface area contributed by atoms with Gasteiger partial charge in [0.05, 0.1) is 0 Å². The second kappa shape index (κ2) is 14.0. The molecular weight excluding hydrogens is 403 g/mol. The van der Waals surface area contributed by atoms with Crippen LogP contribution in [0.15, 0.2) is 0 Å². The average molecular weight is 453 g/mol. The van der Waals surface area contributed by atoms with Crippen LogP contribution >= 0.6 is 0 Å². The monoisotopic (exact) mass is 452 g/mol. The van der Waals surface area contributed by atoms with E-state index in [9.17, 15) is 9.59 Å². The van der Waals surface area contributed by atoms with Crippen molar-refractivity contribution in [3.8, 4) is 0 Å². The molecule has 2 atom stereocenters. The number of hydrogen-bond acceptors (Lipinski definition) is 4. The molecule has 2 unspecified atom stereocenters. The van der Waals surface area contributed by atoms with Gasteiger partial charge in [-0.25, -0.2) is 0 Å². The van der Waals surface area contributed by atoms with E-state index in [1.54, 1.807) is 0 Å². The molecule has 0 saturated carbocycles. The van der Waals surface area contributed by atoms with Crippen molar-refractivity contribution in [1.29, 1.82) is 0 Å². The molecule has 0 spiro atoms. The Morgan fingerprint density at radius 2 is 0.900 bits per heavy atom. The maximum atomic E-state index is 12.6. The first-order chi connectivity index (χ1) is 13.1. The predicted octanol–water partition coefficient (Wildman–Crippen LogP) is 6.58. The van der Waals surface area contributed by atoms with E-state index in [0.717, 1.165) is 51.4 Å². The molecule has 174 valence electrons. The van der Waals surface area contributed by atoms with Gasteiger partial charge in [-0.15, -0.1) is 0 Å². The van der Waals surface area contributed by atoms with Crippen molar-refractivity contribution in [3.63, 3.8) is 0 Å². The van der Waals surface area contributed by atoms with Crippen LogP contribution in [0.5, 0.6) is 0 Å². The molecule has 0 N–H and O–H groups in total. The van der Waals surface area contributed by atoms with Crippen LogP contribution in [0, 0.1) is 10.8 Å². The summed E-state index contributed by atoms with van der Waals surface area (Å²) in [5.41, 5.74) is -1.62. The molecule has 5 heteroatoms. The van der Waals surface area contributed by atoms with E-state index < -0.39 is 23.1 Å². The second-order valence-electron chi connectivity index (χ2n) is 11.0. The molecule has 4 nitrogen and oxygen atoms in total. The normalized spacial score (nSPS) is 16.1. The van der Waals surface area contributed by atoms with Crippen LogP contribution in [0.2, 0.25) is 0 Å². The zero-order valence-electron chi connectivity index (χ0n) is 21.0. The number of unbranched alkanes of at least 4 members (excludes halogenated alkanes) is 4. The van der Waals surface area contributed by atoms with Gasteiger partial charge in [0.1, 0.15) is 17.6 Å². The minimum atomic E-state index is -0.603. The second-order valence-corrected chi connectivity index (χ2v) is 11.0. The van der Waals surface area contributed by atoms with Gasteiger partial charge in [-0.1, -0.05) is 81.1 Å². The molecule has 0 aromatic heterocycles. The third-order valence-corrected chi connectivity index (χ3v) is 6.65. The summed E-state index contributed by atoms with van der Waals surface area (Å²) in [6, 6.07) is 0. The summed E-state index contributed by atoms with van der Waals surface area (Å²) in [4.78, 5) is 25.2. The molecule has 0 fully saturated rings. The Morgan fingerprint density at radius 1 is 0.600 bits per heavy atom. The fourth-order valence-electron chi connectivity index (χ4n) is 3.28. The molecule has 0 heterocycles. The summed E-state index contributed by atoms with van der Waals surface area (Å²) >= 11 is 0. The molecule has 0 rings (SSSR count). The summed E-state index contributed by atoms with van der Waals surface area (Å²) in [6.07, 6.45) is 7.69. The van der Waals surface area contributed by atoms with Crippen LogP contribution < -0.4 is 0 Å². The Morgan fingerprint density at radius 3 is 1.13 bits per heavy atom. The van der Waals surface area contributed by atoms with Crippen molar-refractivity contribution in [2.75, 3.05) is 0 Å². The van der Waals surface area contributed by atoms with Crippen LogP contribution in [-0.2, 0) is 19.1 Å². The van der Waals surface area contributed by atoms with Crippen molar-refractivity contribution in [2.24, 2.45) is 10.8 Å². The fraction of sp³-hybridized carbons (Fsp3) is 0.920. The van der Waals surface area contributed by atoms with Gasteiger partial charge in [0.15, 0.2) is 0 Å². The first-order valence-electron chi connectivity index (χ1n) is 11.6. The standard InChI is InChI=1S/C25H48O4.K.H/c1-11-13-15-17-24(9,22(3,4)5)28-20(26)19-21(27)29-25(10,23(6,7)8)18-16-14-12-2;;/h11-19H2,1-10H3;;. The van der Waals surface area contributed by atoms with E-state index in [4.69, 9.17) is 9.47 Å². The Labute approximate surface area is 229 Å². The van der Waals surface area contributed by atoms with Crippen molar-refractivity contribution >= 4 is 63.3 Å². The van der Waals surface area contributed by atoms with Crippen LogP contribution in [0.25, 0.3) is 0 Å². The van der Waals surface area contributed by atoms with Gasteiger partial charge in [-0.3, -0.25) is 9.59 Å². The predicted molar refractivity (Wildman–Crippen MR) is 128 cm³/mol. The Hall–Kier alpha value is 0.576. The van der Waals surface area contributed by atoms with Gasteiger partial charge in [-0.2, -0.15) is 0 Å². The molecule has 0 aliphatic rings. The molecule has 0 aliphatic carbocycles. The minimum absolute atomic E-state index is 0. The van der Waals surface area contributed by atoms with Crippen LogP contribution in [-0.4, -0.2) is 74.5 Å². The van der Waals surface area contributed by atoms with Crippen LogP contribution in [0.4, 0.5) is 0 Å². The van der Waals surface area contributed by atoms with E-state index >= 15 is 0 Å². The molecule has 0 bridgehead atoms. The first-order valence-corrected chi connectivity index (χ1v) is 11.6. The van der Waals surface area contributed by atoms with E-state index in [1.165, 1.54) is 0 Å². The van der Waals surface area contributed by atoms with E-state index in [-0.39, 0.29) is 68.6 Å². The van der Waals surface area contributed by atoms with Gasteiger partial charge in [0, 0.05) is 10.8 Å². The molecule has 0 saturated heterocycles. The van der Waals surface area contributed by atoms with E-state index in [2.05, 4.69) is 55.4 Å². The third-order valence-electron chi connectivity index (χ3n) is 6.65. The molecule has 0 aromatic rings. The molecule has 0 radical (unpaired) electrons. The Bertz CT molecular complexity index is 472. The quantitative estimate of drug-likeness (QED) is 0.145. The van der Waals surface area contributed by atoms with Gasteiger partial charge < -0.3 is 9.47 Å². The third kappa shape index (κ3) is 10.9. The average Bonchev–Trinajstić information content (AvgIpc) is 2.52. The van der Waals surface area contributed by atoms with E-state index in [0.29, 0.717) is 0 Å². The zero-order chi connectivity index (χ0) is 22.9. The summed E-state index contributed by atoms with van der Waals surface area (Å²) in [5.74, 6) is -0.984. The summed E-state index contributed by atoms with van der Waals surface area (Å²) in [6.45, 7) is 20.7. The van der Waals surface area contributed by atoms with Crippen molar-refractivity contribution < 1.29 is 19.1 Å². The zero-order valence-corrected chi connectivity index (χ0v) is 21.0. The number of carbonyl (C=O) groups is 2. The number of hydrogen-bond donors (Lipinski definition) is 0. The summed E-state index contributed by atoms with van der Waals surface area (Å²) < 4.78 is 11.8. The van der Waals surface area contributed by atoms with Gasteiger partial charge in [0.25, 0.3) is 0 Å². The molecule has 30 heavy (non-hydrogen) atoms. The van der Waals surface area contributed by atoms with Gasteiger partial charge >= 0.3 is 63.3 Å². The van der Waals surface area contributed by atoms with Gasteiger partial charge in [0.2, 0.25) is 0 Å². The van der Waals surface area contributed by atoms with Crippen LogP contribution in [0.3, 0.4) is 0 Å². The molecule has 0 amide bonds. The van der Waals surface area contributed by atoms with Crippen molar-refractivity contribution in [1.82, 2.24) is 0 Å². The van der Waals surface area contributed by atoms with Crippen molar-refractivity contribution in [2.45, 2.75) is 138 Å². The molecule has 0 aliphatic heterocycles. The SMILES string of the molecule is CCCCCC(C)(OC(=O)CC(=O)OC(C)(CCCCC)C(C)(C)C)C(C)(C)C.[KH]. The molecular formula is C25H49KO4. The number of ether oxygens (including phenoxy) is 2. The van der Waals surface area contributed by atoms with Gasteiger partial charge in [-0.05, 0) is 39.5 Å². The van der Waals surface area contributed by atoms with E-state index in [1.807, 2.05) is 13.8 Å². The number of esters is 2. The topological polar surface area (TPSA) is 52.6 Å². The maximum absolute atomic E-state index is 12.6. The fourth-order valence-corrected chi connectivity index (χ4v) is 3.28. The summed E-state index contributed by atoms with van der Waals surface area (Å²) in [7, 11) is 0. The first kappa shape index (κ1) is 32.8. The van der Waals surface area contributed by atoms with Crippen molar-refractivity contribution in [3.05, 3.63) is 0 Å². The number of rotatable bonds is 12. The Kier molecular flexibility index (Phi) is 15.3. The summed E-state index contributed by atoms with van der Waals surface area (Å²) in [5, 5.41) is 0. The van der Waals surface area contributed by atoms with Crippen LogP contribution in [0.1, 0.15) is 127 Å². The molecule has 0 aromatic carbocycles.